The van der Waals surface area contributed by atoms with Crippen molar-refractivity contribution in [1.29, 1.82) is 0 Å². The molecule has 6 heteroatoms. The third-order valence-electron chi connectivity index (χ3n) is 6.17. The van der Waals surface area contributed by atoms with Crippen LogP contribution in [0.25, 0.3) is 0 Å². The van der Waals surface area contributed by atoms with Gasteiger partial charge in [-0.05, 0) is 93.6 Å². The summed E-state index contributed by atoms with van der Waals surface area (Å²) in [7, 11) is 0. The predicted octanol–water partition coefficient (Wildman–Crippen LogP) is 5.13. The van der Waals surface area contributed by atoms with Gasteiger partial charge in [0.2, 0.25) is 0 Å². The predicted molar refractivity (Wildman–Crippen MR) is 124 cm³/mol. The molecule has 0 aliphatic carbocycles. The lowest BCUT2D eigenvalue weighted by Gasteiger charge is -2.37. The molecule has 1 aliphatic rings. The number of rotatable bonds is 5. The topological polar surface area (TPSA) is 80.7 Å². The van der Waals surface area contributed by atoms with Crippen molar-refractivity contribution in [2.24, 2.45) is 0 Å². The zero-order chi connectivity index (χ0) is 22.9. The second kappa shape index (κ2) is 8.54. The maximum absolute atomic E-state index is 12.3. The van der Waals surface area contributed by atoms with Crippen molar-refractivity contribution in [1.82, 2.24) is 4.98 Å². The van der Waals surface area contributed by atoms with E-state index in [1.54, 1.807) is 18.3 Å². The van der Waals surface area contributed by atoms with Crippen LogP contribution in [0.4, 0.5) is 5.69 Å². The summed E-state index contributed by atoms with van der Waals surface area (Å²) in [4.78, 5) is 16.2. The van der Waals surface area contributed by atoms with E-state index in [0.717, 1.165) is 40.8 Å². The van der Waals surface area contributed by atoms with Crippen LogP contribution >= 0.6 is 0 Å². The molecule has 0 saturated carbocycles. The number of aromatic nitrogens is 1. The minimum atomic E-state index is -0.471. The summed E-state index contributed by atoms with van der Waals surface area (Å²) in [6.07, 6.45) is 4.78. The van der Waals surface area contributed by atoms with Crippen LogP contribution in [0.3, 0.4) is 0 Å². The fourth-order valence-corrected chi connectivity index (χ4v) is 3.97. The second-order valence-electron chi connectivity index (χ2n) is 8.59. The third kappa shape index (κ3) is 4.26. The Hall–Kier alpha value is -3.54. The average molecular weight is 433 g/mol. The molecule has 0 saturated heterocycles. The number of hydrogen-bond donors (Lipinski definition) is 2. The number of pyridine rings is 1. The van der Waals surface area contributed by atoms with Gasteiger partial charge in [0.1, 0.15) is 29.5 Å². The summed E-state index contributed by atoms with van der Waals surface area (Å²) in [5, 5.41) is 13.2. The van der Waals surface area contributed by atoms with Crippen molar-refractivity contribution in [3.8, 4) is 17.2 Å². The first-order chi connectivity index (χ1) is 15.3. The first-order valence-electron chi connectivity index (χ1n) is 10.7. The molecular weight excluding hydrogens is 404 g/mol. The Morgan fingerprint density at radius 3 is 2.59 bits per heavy atom. The first-order valence-corrected chi connectivity index (χ1v) is 10.7. The quantitative estimate of drug-likeness (QED) is 0.584. The molecule has 32 heavy (non-hydrogen) atoms. The standard InChI is InChI=1S/C26H28N2O4/c1-16-17(2)24-22(18(3)23(16)29)11-12-26(4,32-24)15-31-21-9-7-20(8-10-21)28-25(30)19-6-5-13-27-14-19/h5-10,13-14,29H,11-12,15H2,1-4H3,(H,28,30). The number of aromatic hydroxyl groups is 1. The number of benzene rings is 2. The van der Waals surface area contributed by atoms with E-state index in [1.165, 1.54) is 6.20 Å². The van der Waals surface area contributed by atoms with Crippen molar-refractivity contribution in [2.45, 2.75) is 46.1 Å². The molecule has 0 fully saturated rings. The molecule has 0 radical (unpaired) electrons. The summed E-state index contributed by atoms with van der Waals surface area (Å²) in [6, 6.07) is 10.7. The van der Waals surface area contributed by atoms with Gasteiger partial charge in [-0.2, -0.15) is 0 Å². The lowest BCUT2D eigenvalue weighted by molar-refractivity contribution is 0.0166. The number of anilines is 1. The van der Waals surface area contributed by atoms with E-state index in [1.807, 2.05) is 45.0 Å². The number of fused-ring (bicyclic) bond motifs is 1. The maximum Gasteiger partial charge on any atom is 0.257 e. The minimum Gasteiger partial charge on any atom is -0.507 e. The number of carbonyl (C=O) groups is 1. The molecule has 1 unspecified atom stereocenters. The minimum absolute atomic E-state index is 0.208. The molecule has 2 aromatic carbocycles. The largest absolute Gasteiger partial charge is 0.507 e. The van der Waals surface area contributed by atoms with Crippen LogP contribution in [0.15, 0.2) is 48.8 Å². The first kappa shape index (κ1) is 21.7. The van der Waals surface area contributed by atoms with Gasteiger partial charge in [0.05, 0.1) is 5.56 Å². The van der Waals surface area contributed by atoms with Gasteiger partial charge in [0.15, 0.2) is 0 Å². The number of amides is 1. The van der Waals surface area contributed by atoms with E-state index in [4.69, 9.17) is 9.47 Å². The summed E-state index contributed by atoms with van der Waals surface area (Å²) in [5.74, 6) is 1.72. The zero-order valence-corrected chi connectivity index (χ0v) is 18.9. The number of phenols is 1. The summed E-state index contributed by atoms with van der Waals surface area (Å²) in [5.41, 5.74) is 4.52. The third-order valence-corrected chi connectivity index (χ3v) is 6.17. The van der Waals surface area contributed by atoms with Gasteiger partial charge in [-0.3, -0.25) is 9.78 Å². The Morgan fingerprint density at radius 2 is 1.91 bits per heavy atom. The van der Waals surface area contributed by atoms with Crippen LogP contribution < -0.4 is 14.8 Å². The Labute approximate surface area is 188 Å². The van der Waals surface area contributed by atoms with E-state index >= 15 is 0 Å². The van der Waals surface area contributed by atoms with Crippen LogP contribution in [0.2, 0.25) is 0 Å². The molecular formula is C26H28N2O4. The fourth-order valence-electron chi connectivity index (χ4n) is 3.97. The molecule has 0 bridgehead atoms. The number of carbonyl (C=O) groups excluding carboxylic acids is 1. The monoisotopic (exact) mass is 432 g/mol. The molecule has 1 amide bonds. The Bertz CT molecular complexity index is 1140. The van der Waals surface area contributed by atoms with Crippen LogP contribution in [-0.2, 0) is 6.42 Å². The van der Waals surface area contributed by atoms with E-state index in [-0.39, 0.29) is 5.91 Å². The highest BCUT2D eigenvalue weighted by Gasteiger charge is 2.35. The van der Waals surface area contributed by atoms with Gasteiger partial charge < -0.3 is 19.9 Å². The lowest BCUT2D eigenvalue weighted by atomic mass is 9.87. The second-order valence-corrected chi connectivity index (χ2v) is 8.59. The maximum atomic E-state index is 12.3. The molecule has 6 nitrogen and oxygen atoms in total. The van der Waals surface area contributed by atoms with E-state index < -0.39 is 5.60 Å². The molecule has 1 aromatic heterocycles. The molecule has 2 N–H and O–H groups in total. The average Bonchev–Trinajstić information content (AvgIpc) is 2.81. The summed E-state index contributed by atoms with van der Waals surface area (Å²) in [6.45, 7) is 8.29. The Kier molecular flexibility index (Phi) is 5.78. The molecule has 4 rings (SSSR count). The normalized spacial score (nSPS) is 17.2. The SMILES string of the molecule is Cc1c(C)c2c(c(C)c1O)CCC(C)(COc1ccc(NC(=O)c3cccnc3)cc1)O2. The highest BCUT2D eigenvalue weighted by Crippen LogP contribution is 2.43. The molecule has 2 heterocycles. The van der Waals surface area contributed by atoms with Crippen molar-refractivity contribution in [3.63, 3.8) is 0 Å². The zero-order valence-electron chi connectivity index (χ0n) is 18.9. The molecule has 0 spiro atoms. The van der Waals surface area contributed by atoms with Gasteiger partial charge in [0.25, 0.3) is 5.91 Å². The van der Waals surface area contributed by atoms with Crippen LogP contribution in [0.5, 0.6) is 17.2 Å². The number of nitrogens with zero attached hydrogens (tertiary/aromatic N) is 1. The van der Waals surface area contributed by atoms with E-state index in [2.05, 4.69) is 17.2 Å². The molecule has 166 valence electrons. The highest BCUT2D eigenvalue weighted by atomic mass is 16.5. The smallest absolute Gasteiger partial charge is 0.257 e. The van der Waals surface area contributed by atoms with Crippen molar-refractivity contribution < 1.29 is 19.4 Å². The van der Waals surface area contributed by atoms with E-state index in [9.17, 15) is 9.90 Å². The van der Waals surface area contributed by atoms with Gasteiger partial charge in [-0.25, -0.2) is 0 Å². The fraction of sp³-hybridized carbons (Fsp3) is 0.308. The number of phenolic OH excluding ortho intramolecular Hbond substituents is 1. The van der Waals surface area contributed by atoms with Gasteiger partial charge in [-0.1, -0.05) is 0 Å². The van der Waals surface area contributed by atoms with Crippen LogP contribution in [0, 0.1) is 20.8 Å². The Morgan fingerprint density at radius 1 is 1.16 bits per heavy atom. The molecule has 3 aromatic rings. The van der Waals surface area contributed by atoms with Crippen LogP contribution in [0.1, 0.15) is 46.0 Å². The molecule has 1 atom stereocenters. The van der Waals surface area contributed by atoms with Crippen molar-refractivity contribution >= 4 is 11.6 Å². The number of ether oxygens (including phenoxy) is 2. The Balaban J connectivity index is 1.40. The molecule has 1 aliphatic heterocycles. The van der Waals surface area contributed by atoms with Crippen LogP contribution in [-0.4, -0.2) is 28.2 Å². The van der Waals surface area contributed by atoms with Crippen molar-refractivity contribution in [3.05, 3.63) is 76.6 Å². The van der Waals surface area contributed by atoms with Gasteiger partial charge >= 0.3 is 0 Å². The van der Waals surface area contributed by atoms with E-state index in [0.29, 0.717) is 29.4 Å². The van der Waals surface area contributed by atoms with Gasteiger partial charge in [-0.15, -0.1) is 0 Å². The highest BCUT2D eigenvalue weighted by molar-refractivity contribution is 6.04. The number of nitrogens with one attached hydrogen (secondary N) is 1. The van der Waals surface area contributed by atoms with Crippen molar-refractivity contribution in [2.75, 3.05) is 11.9 Å². The number of hydrogen-bond acceptors (Lipinski definition) is 5. The lowest BCUT2D eigenvalue weighted by Crippen LogP contribution is -2.42. The van der Waals surface area contributed by atoms with Gasteiger partial charge in [0, 0.05) is 23.6 Å². The summed E-state index contributed by atoms with van der Waals surface area (Å²) < 4.78 is 12.5. The summed E-state index contributed by atoms with van der Waals surface area (Å²) >= 11 is 0.